The molecule has 0 unspecified atom stereocenters. The van der Waals surface area contributed by atoms with E-state index in [0.717, 1.165) is 6.42 Å². The molecule has 1 atom stereocenters. The Morgan fingerprint density at radius 2 is 2.04 bits per heavy atom. The number of halogens is 1. The molecule has 1 N–H and O–H groups in total. The predicted molar refractivity (Wildman–Crippen MR) is 102 cm³/mol. The summed E-state index contributed by atoms with van der Waals surface area (Å²) in [5.41, 5.74) is 1.03. The van der Waals surface area contributed by atoms with Crippen molar-refractivity contribution in [1.29, 1.82) is 0 Å². The van der Waals surface area contributed by atoms with E-state index < -0.39 is 0 Å². The molecule has 0 spiro atoms. The van der Waals surface area contributed by atoms with Crippen LogP contribution in [0.1, 0.15) is 23.2 Å². The molecule has 4 rings (SSSR count). The Balaban J connectivity index is 1.41. The van der Waals surface area contributed by atoms with Crippen LogP contribution in [0.3, 0.4) is 0 Å². The number of fused-ring (bicyclic) bond motifs is 1. The molecule has 6 nitrogen and oxygen atoms in total. The number of hydrogen-bond donors (Lipinski definition) is 1. The van der Waals surface area contributed by atoms with Crippen molar-refractivity contribution in [1.82, 2.24) is 5.32 Å². The second-order valence-electron chi connectivity index (χ2n) is 6.52. The third-order valence-electron chi connectivity index (χ3n) is 4.63. The number of carbonyl (C=O) groups excluding carboxylic acids is 2. The standard InChI is InChI=1S/C20H19ClN2O4/c21-15-8-7-13(10-16(15)23-9-3-6-19(23)24)20(25)22-11-14-12-26-17-4-1-2-5-18(17)27-14/h1-2,4-5,7-8,10,14H,3,6,9,11-12H2,(H,22,25)/t14-/m1/s1. The maximum absolute atomic E-state index is 12.5. The van der Waals surface area contributed by atoms with Crippen LogP contribution in [0.5, 0.6) is 11.5 Å². The zero-order chi connectivity index (χ0) is 18.8. The first-order valence-electron chi connectivity index (χ1n) is 8.88. The van der Waals surface area contributed by atoms with Crippen molar-refractivity contribution in [2.75, 3.05) is 24.6 Å². The van der Waals surface area contributed by atoms with Gasteiger partial charge in [0, 0.05) is 18.5 Å². The molecule has 0 radical (unpaired) electrons. The summed E-state index contributed by atoms with van der Waals surface area (Å²) in [4.78, 5) is 26.1. The fourth-order valence-electron chi connectivity index (χ4n) is 3.24. The topological polar surface area (TPSA) is 67.9 Å². The van der Waals surface area contributed by atoms with E-state index in [4.69, 9.17) is 21.1 Å². The Hall–Kier alpha value is -2.73. The van der Waals surface area contributed by atoms with E-state index in [1.165, 1.54) is 0 Å². The first-order valence-corrected chi connectivity index (χ1v) is 9.26. The number of rotatable bonds is 4. The van der Waals surface area contributed by atoms with E-state index in [1.807, 2.05) is 24.3 Å². The van der Waals surface area contributed by atoms with Crippen LogP contribution in [0.25, 0.3) is 0 Å². The highest BCUT2D eigenvalue weighted by molar-refractivity contribution is 6.34. The number of ether oxygens (including phenoxy) is 2. The van der Waals surface area contributed by atoms with Crippen LogP contribution >= 0.6 is 11.6 Å². The summed E-state index contributed by atoms with van der Waals surface area (Å²) in [6.07, 6.45) is 1.04. The summed E-state index contributed by atoms with van der Waals surface area (Å²) >= 11 is 6.23. The van der Waals surface area contributed by atoms with E-state index in [2.05, 4.69) is 5.32 Å². The molecule has 2 aliphatic rings. The highest BCUT2D eigenvalue weighted by atomic mass is 35.5. The second kappa shape index (κ2) is 7.48. The molecule has 2 amide bonds. The quantitative estimate of drug-likeness (QED) is 0.877. The first kappa shape index (κ1) is 17.7. The Kier molecular flexibility index (Phi) is 4.90. The first-order chi connectivity index (χ1) is 13.1. The fraction of sp³-hybridized carbons (Fsp3) is 0.300. The van der Waals surface area contributed by atoms with Crippen molar-refractivity contribution in [3.8, 4) is 11.5 Å². The lowest BCUT2D eigenvalue weighted by atomic mass is 10.1. The van der Waals surface area contributed by atoms with Crippen molar-refractivity contribution < 1.29 is 19.1 Å². The Morgan fingerprint density at radius 1 is 1.22 bits per heavy atom. The van der Waals surface area contributed by atoms with Crippen molar-refractivity contribution in [2.24, 2.45) is 0 Å². The van der Waals surface area contributed by atoms with Gasteiger partial charge >= 0.3 is 0 Å². The molecule has 7 heteroatoms. The maximum atomic E-state index is 12.5. The van der Waals surface area contributed by atoms with Gasteiger partial charge in [0.15, 0.2) is 11.5 Å². The summed E-state index contributed by atoms with van der Waals surface area (Å²) in [7, 11) is 0. The van der Waals surface area contributed by atoms with Crippen LogP contribution < -0.4 is 19.7 Å². The molecule has 2 aliphatic heterocycles. The maximum Gasteiger partial charge on any atom is 0.251 e. The van der Waals surface area contributed by atoms with Gasteiger partial charge in [-0.05, 0) is 36.8 Å². The molecule has 0 aliphatic carbocycles. The van der Waals surface area contributed by atoms with Gasteiger partial charge in [0.1, 0.15) is 12.7 Å². The molecular weight excluding hydrogens is 368 g/mol. The predicted octanol–water partition coefficient (Wildman–Crippen LogP) is 3.04. The van der Waals surface area contributed by atoms with E-state index in [9.17, 15) is 9.59 Å². The molecule has 2 aromatic rings. The van der Waals surface area contributed by atoms with E-state index in [1.54, 1.807) is 23.1 Å². The molecule has 27 heavy (non-hydrogen) atoms. The number of amides is 2. The monoisotopic (exact) mass is 386 g/mol. The highest BCUT2D eigenvalue weighted by Gasteiger charge is 2.25. The average Bonchev–Trinajstić information content (AvgIpc) is 3.12. The molecule has 2 aromatic carbocycles. The third kappa shape index (κ3) is 3.71. The lowest BCUT2D eigenvalue weighted by Crippen LogP contribution is -2.40. The van der Waals surface area contributed by atoms with Crippen LogP contribution in [0.2, 0.25) is 5.02 Å². The summed E-state index contributed by atoms with van der Waals surface area (Å²) < 4.78 is 11.5. The van der Waals surface area contributed by atoms with Gasteiger partial charge in [-0.15, -0.1) is 0 Å². The third-order valence-corrected chi connectivity index (χ3v) is 4.95. The number of anilines is 1. The van der Waals surface area contributed by atoms with Gasteiger partial charge in [-0.1, -0.05) is 23.7 Å². The largest absolute Gasteiger partial charge is 0.486 e. The van der Waals surface area contributed by atoms with E-state index >= 15 is 0 Å². The van der Waals surface area contributed by atoms with Crippen LogP contribution in [0, 0.1) is 0 Å². The molecule has 140 valence electrons. The number of benzene rings is 2. The summed E-state index contributed by atoms with van der Waals surface area (Å²) in [6.45, 7) is 1.30. The number of hydrogen-bond acceptors (Lipinski definition) is 4. The number of nitrogens with zero attached hydrogens (tertiary/aromatic N) is 1. The lowest BCUT2D eigenvalue weighted by Gasteiger charge is -2.26. The SMILES string of the molecule is O=C(NC[C@@H]1COc2ccccc2O1)c1ccc(Cl)c(N2CCCC2=O)c1. The Morgan fingerprint density at radius 3 is 2.81 bits per heavy atom. The van der Waals surface area contributed by atoms with Crippen LogP contribution in [-0.2, 0) is 4.79 Å². The smallest absolute Gasteiger partial charge is 0.251 e. The zero-order valence-electron chi connectivity index (χ0n) is 14.6. The van der Waals surface area contributed by atoms with Gasteiger partial charge in [0.2, 0.25) is 5.91 Å². The van der Waals surface area contributed by atoms with E-state index in [0.29, 0.717) is 53.9 Å². The molecule has 1 saturated heterocycles. The molecule has 2 heterocycles. The Bertz CT molecular complexity index is 886. The minimum atomic E-state index is -0.268. The molecule has 0 bridgehead atoms. The minimum absolute atomic E-state index is 0.0286. The van der Waals surface area contributed by atoms with Gasteiger partial charge in [0.25, 0.3) is 5.91 Å². The summed E-state index contributed by atoms with van der Waals surface area (Å²) in [5.74, 6) is 1.16. The normalized spacial score (nSPS) is 18.5. The van der Waals surface area contributed by atoms with Crippen molar-refractivity contribution in [3.63, 3.8) is 0 Å². The van der Waals surface area contributed by atoms with Crippen LogP contribution in [0.4, 0.5) is 5.69 Å². The van der Waals surface area contributed by atoms with Crippen LogP contribution in [-0.4, -0.2) is 37.6 Å². The minimum Gasteiger partial charge on any atom is -0.486 e. The molecule has 0 saturated carbocycles. The number of nitrogens with one attached hydrogen (secondary N) is 1. The molecular formula is C20H19ClN2O4. The van der Waals surface area contributed by atoms with E-state index in [-0.39, 0.29) is 17.9 Å². The summed E-state index contributed by atoms with van der Waals surface area (Å²) in [6, 6.07) is 12.4. The summed E-state index contributed by atoms with van der Waals surface area (Å²) in [5, 5.41) is 3.32. The highest BCUT2D eigenvalue weighted by Crippen LogP contribution is 2.31. The fourth-order valence-corrected chi connectivity index (χ4v) is 3.46. The average molecular weight is 387 g/mol. The lowest BCUT2D eigenvalue weighted by molar-refractivity contribution is -0.117. The van der Waals surface area contributed by atoms with Gasteiger partial charge < -0.3 is 19.7 Å². The van der Waals surface area contributed by atoms with Gasteiger partial charge in [-0.25, -0.2) is 0 Å². The van der Waals surface area contributed by atoms with Gasteiger partial charge in [-0.3, -0.25) is 9.59 Å². The molecule has 1 fully saturated rings. The number of carbonyl (C=O) groups is 2. The van der Waals surface area contributed by atoms with Crippen LogP contribution in [0.15, 0.2) is 42.5 Å². The number of para-hydroxylation sites is 2. The molecule has 0 aromatic heterocycles. The van der Waals surface area contributed by atoms with Crippen molar-refractivity contribution >= 4 is 29.1 Å². The van der Waals surface area contributed by atoms with Crippen molar-refractivity contribution in [3.05, 3.63) is 53.1 Å². The van der Waals surface area contributed by atoms with Gasteiger partial charge in [-0.2, -0.15) is 0 Å². The van der Waals surface area contributed by atoms with Gasteiger partial charge in [0.05, 0.1) is 17.3 Å². The zero-order valence-corrected chi connectivity index (χ0v) is 15.4. The second-order valence-corrected chi connectivity index (χ2v) is 6.93. The van der Waals surface area contributed by atoms with Crippen molar-refractivity contribution in [2.45, 2.75) is 18.9 Å². The Labute approximate surface area is 162 Å².